The molecular formula is C29H32F4N4O7S2. The highest BCUT2D eigenvalue weighted by molar-refractivity contribution is 7.89. The van der Waals surface area contributed by atoms with Crippen LogP contribution >= 0.6 is 0 Å². The molecule has 2 aromatic carbocycles. The quantitative estimate of drug-likeness (QED) is 0.188. The van der Waals surface area contributed by atoms with Gasteiger partial charge in [0.1, 0.15) is 5.82 Å². The van der Waals surface area contributed by atoms with Crippen LogP contribution in [0.2, 0.25) is 0 Å². The highest BCUT2D eigenvalue weighted by Gasteiger charge is 2.41. The minimum Gasteiger partial charge on any atom is -0.356 e. The topological polar surface area (TPSA) is 152 Å². The lowest BCUT2D eigenvalue weighted by molar-refractivity contribution is -0.144. The van der Waals surface area contributed by atoms with Gasteiger partial charge in [0, 0.05) is 44.9 Å². The summed E-state index contributed by atoms with van der Waals surface area (Å²) in [7, 11) is -9.00. The van der Waals surface area contributed by atoms with Gasteiger partial charge in [0.05, 0.1) is 16.2 Å². The monoisotopic (exact) mass is 688 g/mol. The molecule has 250 valence electrons. The number of hydrogen-bond donors (Lipinski definition) is 2. The minimum absolute atomic E-state index is 0.111. The van der Waals surface area contributed by atoms with E-state index in [0.717, 1.165) is 22.4 Å². The zero-order valence-corrected chi connectivity index (χ0v) is 26.6. The molecule has 0 bridgehead atoms. The second-order valence-corrected chi connectivity index (χ2v) is 13.9. The molecule has 0 aliphatic rings. The first-order valence-corrected chi connectivity index (χ1v) is 16.8. The molecule has 46 heavy (non-hydrogen) atoms. The number of halogens is 4. The Morgan fingerprint density at radius 3 is 2.43 bits per heavy atom. The lowest BCUT2D eigenvalue weighted by atomic mass is 9.98. The average molecular weight is 689 g/mol. The largest absolute Gasteiger partial charge is 0.417 e. The summed E-state index contributed by atoms with van der Waals surface area (Å²) in [6.07, 6.45) is -2.45. The van der Waals surface area contributed by atoms with Crippen LogP contribution in [0.15, 0.2) is 65.8 Å². The van der Waals surface area contributed by atoms with Gasteiger partial charge in [0.25, 0.3) is 0 Å². The fourth-order valence-corrected chi connectivity index (χ4v) is 7.05. The van der Waals surface area contributed by atoms with Crippen molar-refractivity contribution in [3.8, 4) is 11.1 Å². The number of pyridine rings is 1. The number of amides is 1. The summed E-state index contributed by atoms with van der Waals surface area (Å²) in [4.78, 5) is 31.9. The van der Waals surface area contributed by atoms with E-state index in [1.165, 1.54) is 6.92 Å². The van der Waals surface area contributed by atoms with Crippen LogP contribution in [0, 0.1) is 12.7 Å². The van der Waals surface area contributed by atoms with Gasteiger partial charge in [0.2, 0.25) is 26.0 Å². The molecule has 0 radical (unpaired) electrons. The number of sulfonamides is 2. The number of carbonyl (C=O) groups is 2. The molecule has 1 amide bonds. The van der Waals surface area contributed by atoms with E-state index >= 15 is 0 Å². The summed E-state index contributed by atoms with van der Waals surface area (Å²) in [6.45, 7) is 3.50. The van der Waals surface area contributed by atoms with Crippen LogP contribution < -0.4 is 10.2 Å². The third-order valence-electron chi connectivity index (χ3n) is 6.75. The van der Waals surface area contributed by atoms with Crippen molar-refractivity contribution in [3.05, 3.63) is 83.4 Å². The number of hydrogen-bond acceptors (Lipinski definition) is 8. The van der Waals surface area contributed by atoms with Crippen molar-refractivity contribution in [1.82, 2.24) is 19.5 Å². The molecular weight excluding hydrogens is 656 g/mol. The predicted molar refractivity (Wildman–Crippen MR) is 159 cm³/mol. The predicted octanol–water partition coefficient (Wildman–Crippen LogP) is 4.26. The maximum absolute atomic E-state index is 13.9. The van der Waals surface area contributed by atoms with Crippen molar-refractivity contribution in [2.45, 2.75) is 50.7 Å². The fraction of sp³-hybridized carbons (Fsp3) is 0.345. The van der Waals surface area contributed by atoms with Crippen molar-refractivity contribution >= 4 is 31.9 Å². The molecule has 3 aromatic rings. The van der Waals surface area contributed by atoms with Gasteiger partial charge in [-0.2, -0.15) is 17.5 Å². The molecule has 11 nitrogen and oxygen atoms in total. The number of benzene rings is 2. The zero-order chi connectivity index (χ0) is 34.3. The summed E-state index contributed by atoms with van der Waals surface area (Å²) in [5.41, 5.74) is 1.10. The van der Waals surface area contributed by atoms with Crippen LogP contribution in [0.3, 0.4) is 0 Å². The molecule has 0 saturated heterocycles. The molecule has 3 rings (SSSR count). The Morgan fingerprint density at radius 1 is 1.07 bits per heavy atom. The van der Waals surface area contributed by atoms with Crippen molar-refractivity contribution in [1.29, 1.82) is 0 Å². The van der Waals surface area contributed by atoms with E-state index in [4.69, 9.17) is 0 Å². The van der Waals surface area contributed by atoms with E-state index < -0.39 is 72.7 Å². The number of aromatic nitrogens is 1. The van der Waals surface area contributed by atoms with E-state index in [9.17, 15) is 44.0 Å². The molecule has 0 aliphatic carbocycles. The van der Waals surface area contributed by atoms with Crippen molar-refractivity contribution in [2.75, 3.05) is 18.8 Å². The third kappa shape index (κ3) is 9.78. The first-order valence-electron chi connectivity index (χ1n) is 13.8. The van der Waals surface area contributed by atoms with E-state index in [1.54, 1.807) is 47.6 Å². The minimum atomic E-state index is -5.19. The van der Waals surface area contributed by atoms with Gasteiger partial charge in [-0.15, -0.1) is 0 Å². The molecule has 1 heterocycles. The van der Waals surface area contributed by atoms with Gasteiger partial charge >= 0.3 is 12.1 Å². The van der Waals surface area contributed by atoms with Crippen molar-refractivity contribution < 1.29 is 48.8 Å². The third-order valence-corrected chi connectivity index (χ3v) is 9.86. The molecule has 2 N–H and O–H groups in total. The smallest absolute Gasteiger partial charge is 0.356 e. The molecule has 1 atom stereocenters. The lowest BCUT2D eigenvalue weighted by Crippen LogP contribution is -2.37. The highest BCUT2D eigenvalue weighted by Crippen LogP contribution is 2.38. The van der Waals surface area contributed by atoms with Crippen LogP contribution in [0.4, 0.5) is 17.6 Å². The van der Waals surface area contributed by atoms with Crippen LogP contribution in [0.1, 0.15) is 49.4 Å². The van der Waals surface area contributed by atoms with E-state index in [0.29, 0.717) is 23.3 Å². The standard InChI is InChI=1S/C29H32F4N4O7S2/c1-19-18-34-12-11-25(19)23-7-4-6-22(16-23)20(2)37(46(42,43)27-10-9-24(30)17-26(27)29(31,32)33)14-5-8-28(39)35-13-15-45(40,41)36-44-21(3)38/h4,6-7,9-12,16-18,20,36H,5,8,13-15H2,1-3H3,(H,35,39)/t20-/m0/s1. The van der Waals surface area contributed by atoms with Crippen molar-refractivity contribution in [2.24, 2.45) is 0 Å². The Hall–Kier alpha value is -3.93. The highest BCUT2D eigenvalue weighted by atomic mass is 32.2. The SMILES string of the molecule is CC(=O)ONS(=O)(=O)CCNC(=O)CCCN([C@@H](C)c1cccc(-c2ccncc2C)c1)S(=O)(=O)c1ccc(F)cc1C(F)(F)F. The molecule has 0 unspecified atom stereocenters. The Morgan fingerprint density at radius 2 is 1.78 bits per heavy atom. The Kier molecular flexibility index (Phi) is 12.0. The summed E-state index contributed by atoms with van der Waals surface area (Å²) in [5, 5.41) is 2.34. The normalized spacial score (nSPS) is 13.0. The maximum atomic E-state index is 13.9. The van der Waals surface area contributed by atoms with Crippen LogP contribution in [0.5, 0.6) is 0 Å². The summed E-state index contributed by atoms with van der Waals surface area (Å²) < 4.78 is 108. The second kappa shape index (κ2) is 15.1. The maximum Gasteiger partial charge on any atom is 0.417 e. The lowest BCUT2D eigenvalue weighted by Gasteiger charge is -2.30. The van der Waals surface area contributed by atoms with Gasteiger partial charge in [-0.25, -0.2) is 21.2 Å². The van der Waals surface area contributed by atoms with Crippen LogP contribution in [-0.2, 0) is 40.6 Å². The van der Waals surface area contributed by atoms with Gasteiger partial charge in [-0.05, 0) is 77.7 Å². The Labute approximate surface area is 264 Å². The van der Waals surface area contributed by atoms with Gasteiger partial charge in [-0.3, -0.25) is 14.6 Å². The Bertz CT molecular complexity index is 1790. The molecule has 0 fully saturated rings. The summed E-state index contributed by atoms with van der Waals surface area (Å²) >= 11 is 0. The zero-order valence-electron chi connectivity index (χ0n) is 25.0. The molecule has 0 aliphatic heterocycles. The molecule has 0 saturated carbocycles. The van der Waals surface area contributed by atoms with E-state index in [2.05, 4.69) is 15.1 Å². The number of aryl methyl sites for hydroxylation is 1. The summed E-state index contributed by atoms with van der Waals surface area (Å²) in [5.74, 6) is -3.47. The average Bonchev–Trinajstić information content (AvgIpc) is 2.97. The van der Waals surface area contributed by atoms with E-state index in [1.807, 2.05) is 6.92 Å². The van der Waals surface area contributed by atoms with Crippen molar-refractivity contribution in [3.63, 3.8) is 0 Å². The number of nitrogens with zero attached hydrogens (tertiary/aromatic N) is 2. The van der Waals surface area contributed by atoms with Crippen LogP contribution in [0.25, 0.3) is 11.1 Å². The second-order valence-electron chi connectivity index (χ2n) is 10.2. The van der Waals surface area contributed by atoms with Gasteiger partial charge in [0.15, 0.2) is 0 Å². The number of rotatable bonds is 14. The molecule has 0 spiro atoms. The number of carbonyl (C=O) groups excluding carboxylic acids is 2. The first-order chi connectivity index (χ1) is 21.4. The number of nitrogens with one attached hydrogen (secondary N) is 2. The molecule has 17 heteroatoms. The fourth-order valence-electron chi connectivity index (χ4n) is 4.50. The van der Waals surface area contributed by atoms with Crippen LogP contribution in [-0.4, -0.2) is 56.8 Å². The molecule has 1 aromatic heterocycles. The van der Waals surface area contributed by atoms with Gasteiger partial charge in [-0.1, -0.05) is 18.2 Å². The van der Waals surface area contributed by atoms with E-state index in [-0.39, 0.29) is 25.5 Å². The first kappa shape index (κ1) is 36.5. The summed E-state index contributed by atoms with van der Waals surface area (Å²) in [6, 6.07) is 8.77. The van der Waals surface area contributed by atoms with Gasteiger partial charge < -0.3 is 10.2 Å². The Balaban J connectivity index is 1.88. The number of alkyl halides is 3.